The van der Waals surface area contributed by atoms with Gasteiger partial charge >= 0.3 is 0 Å². The van der Waals surface area contributed by atoms with E-state index >= 15 is 0 Å². The first kappa shape index (κ1) is 9.89. The summed E-state index contributed by atoms with van der Waals surface area (Å²) in [5.41, 5.74) is 8.21. The zero-order chi connectivity index (χ0) is 10.7. The van der Waals surface area contributed by atoms with Crippen LogP contribution in [0.15, 0.2) is 27.1 Å². The Bertz CT molecular complexity index is 502. The first-order valence-electron chi connectivity index (χ1n) is 3.90. The van der Waals surface area contributed by atoms with Crippen LogP contribution in [0.5, 0.6) is 0 Å². The summed E-state index contributed by atoms with van der Waals surface area (Å²) in [6.07, 6.45) is 1.55. The van der Waals surface area contributed by atoms with E-state index in [9.17, 15) is 0 Å². The number of hydrogen-bond donors (Lipinski definition) is 1. The maximum atomic E-state index is 8.78. The Balaban J connectivity index is 2.34. The molecule has 0 amide bonds. The second kappa shape index (κ2) is 4.25. The molecule has 7 heteroatoms. The van der Waals surface area contributed by atoms with E-state index in [1.54, 1.807) is 17.8 Å². The Morgan fingerprint density at radius 1 is 1.53 bits per heavy atom. The third-order valence-corrected chi connectivity index (χ3v) is 3.39. The van der Waals surface area contributed by atoms with Gasteiger partial charge in [0.25, 0.3) is 0 Å². The molecule has 0 radical (unpaired) electrons. The van der Waals surface area contributed by atoms with Crippen LogP contribution in [0.25, 0.3) is 0 Å². The Morgan fingerprint density at radius 3 is 3.07 bits per heavy atom. The van der Waals surface area contributed by atoms with E-state index in [-0.39, 0.29) is 0 Å². The normalized spacial score (nSPS) is 9.80. The number of rotatable bonds is 2. The summed E-state index contributed by atoms with van der Waals surface area (Å²) in [7, 11) is 0. The Labute approximate surface area is 94.0 Å². The van der Waals surface area contributed by atoms with Gasteiger partial charge in [0.1, 0.15) is 16.6 Å². The van der Waals surface area contributed by atoms with Crippen molar-refractivity contribution in [1.82, 2.24) is 15.2 Å². The SMILES string of the molecule is N#Cc1ccnc(Sc2nncs2)c1N. The largest absolute Gasteiger partial charge is 0.395 e. The van der Waals surface area contributed by atoms with Gasteiger partial charge in [-0.25, -0.2) is 4.98 Å². The number of nitrogens with zero attached hydrogens (tertiary/aromatic N) is 4. The fraction of sp³-hybridized carbons (Fsp3) is 0. The van der Waals surface area contributed by atoms with E-state index in [4.69, 9.17) is 11.0 Å². The van der Waals surface area contributed by atoms with E-state index in [0.29, 0.717) is 16.3 Å². The van der Waals surface area contributed by atoms with Crippen LogP contribution in [0.4, 0.5) is 5.69 Å². The quantitative estimate of drug-likeness (QED) is 0.849. The number of aromatic nitrogens is 3. The fourth-order valence-corrected chi connectivity index (χ4v) is 2.35. The lowest BCUT2D eigenvalue weighted by atomic mass is 10.2. The summed E-state index contributed by atoms with van der Waals surface area (Å²) in [5.74, 6) is 0. The van der Waals surface area contributed by atoms with Crippen LogP contribution in [0.3, 0.4) is 0 Å². The molecule has 0 fully saturated rings. The van der Waals surface area contributed by atoms with Gasteiger partial charge in [-0.1, -0.05) is 11.3 Å². The number of nitrogens with two attached hydrogens (primary N) is 1. The molecule has 0 unspecified atom stereocenters. The van der Waals surface area contributed by atoms with Crippen molar-refractivity contribution in [3.8, 4) is 6.07 Å². The topological polar surface area (TPSA) is 88.5 Å². The zero-order valence-electron chi connectivity index (χ0n) is 7.41. The molecule has 15 heavy (non-hydrogen) atoms. The van der Waals surface area contributed by atoms with Crippen molar-refractivity contribution < 1.29 is 0 Å². The van der Waals surface area contributed by atoms with Gasteiger partial charge in [0.15, 0.2) is 4.34 Å². The molecule has 0 aliphatic rings. The van der Waals surface area contributed by atoms with Crippen molar-refractivity contribution in [1.29, 1.82) is 5.26 Å². The molecule has 0 aromatic carbocycles. The first-order valence-corrected chi connectivity index (χ1v) is 5.59. The first-order chi connectivity index (χ1) is 7.31. The monoisotopic (exact) mass is 235 g/mol. The van der Waals surface area contributed by atoms with Crippen LogP contribution < -0.4 is 5.73 Å². The summed E-state index contributed by atoms with van der Waals surface area (Å²) in [6.45, 7) is 0. The maximum Gasteiger partial charge on any atom is 0.180 e. The lowest BCUT2D eigenvalue weighted by molar-refractivity contribution is 1.01. The molecular weight excluding hydrogens is 230 g/mol. The van der Waals surface area contributed by atoms with Crippen molar-refractivity contribution >= 4 is 28.8 Å². The number of hydrogen-bond acceptors (Lipinski definition) is 7. The van der Waals surface area contributed by atoms with Gasteiger partial charge < -0.3 is 5.73 Å². The smallest absolute Gasteiger partial charge is 0.180 e. The molecule has 0 spiro atoms. The van der Waals surface area contributed by atoms with Crippen LogP contribution in [-0.2, 0) is 0 Å². The number of nitriles is 1. The van der Waals surface area contributed by atoms with Gasteiger partial charge in [0.05, 0.1) is 11.3 Å². The molecule has 0 aliphatic heterocycles. The van der Waals surface area contributed by atoms with E-state index in [1.807, 2.05) is 6.07 Å². The highest BCUT2D eigenvalue weighted by Crippen LogP contribution is 2.31. The van der Waals surface area contributed by atoms with Crippen molar-refractivity contribution in [3.63, 3.8) is 0 Å². The van der Waals surface area contributed by atoms with Crippen molar-refractivity contribution in [3.05, 3.63) is 23.3 Å². The molecule has 0 saturated carbocycles. The van der Waals surface area contributed by atoms with Crippen molar-refractivity contribution in [2.75, 3.05) is 5.73 Å². The minimum absolute atomic E-state index is 0.389. The molecule has 2 aromatic heterocycles. The molecule has 0 bridgehead atoms. The molecule has 74 valence electrons. The van der Waals surface area contributed by atoms with Crippen LogP contribution in [0.1, 0.15) is 5.56 Å². The minimum atomic E-state index is 0.389. The molecular formula is C8H5N5S2. The summed E-state index contributed by atoms with van der Waals surface area (Å²) in [6, 6.07) is 3.59. The third-order valence-electron chi connectivity index (χ3n) is 1.60. The van der Waals surface area contributed by atoms with Gasteiger partial charge in [-0.05, 0) is 17.8 Å². The fourth-order valence-electron chi connectivity index (χ4n) is 0.923. The highest BCUT2D eigenvalue weighted by molar-refractivity contribution is 8.01. The van der Waals surface area contributed by atoms with Gasteiger partial charge in [-0.3, -0.25) is 0 Å². The van der Waals surface area contributed by atoms with Crippen molar-refractivity contribution in [2.45, 2.75) is 9.37 Å². The third kappa shape index (κ3) is 2.06. The molecule has 2 heterocycles. The van der Waals surface area contributed by atoms with Gasteiger partial charge in [0, 0.05) is 6.20 Å². The molecule has 5 nitrogen and oxygen atoms in total. The summed E-state index contributed by atoms with van der Waals surface area (Å²) >= 11 is 2.71. The molecule has 2 rings (SSSR count). The summed E-state index contributed by atoms with van der Waals surface area (Å²) in [5, 5.41) is 16.9. The molecule has 2 aromatic rings. The minimum Gasteiger partial charge on any atom is -0.395 e. The molecule has 0 atom stereocenters. The predicted molar refractivity (Wildman–Crippen MR) is 57.4 cm³/mol. The summed E-state index contributed by atoms with van der Waals surface area (Å²) in [4.78, 5) is 4.09. The Kier molecular flexibility index (Phi) is 2.80. The average Bonchev–Trinajstić information content (AvgIpc) is 2.74. The standard InChI is InChI=1S/C8H5N5S2/c9-3-5-1-2-11-7(6(5)10)15-8-13-12-4-14-8/h1-2,4H,10H2. The van der Waals surface area contributed by atoms with Gasteiger partial charge in [-0.2, -0.15) is 5.26 Å². The van der Waals surface area contributed by atoms with Crippen LogP contribution in [-0.4, -0.2) is 15.2 Å². The van der Waals surface area contributed by atoms with E-state index in [0.717, 1.165) is 4.34 Å². The lowest BCUT2D eigenvalue weighted by Gasteiger charge is -2.01. The predicted octanol–water partition coefficient (Wildman–Crippen LogP) is 1.54. The zero-order valence-corrected chi connectivity index (χ0v) is 9.05. The Hall–Kier alpha value is -1.65. The maximum absolute atomic E-state index is 8.78. The lowest BCUT2D eigenvalue weighted by Crippen LogP contribution is -1.95. The average molecular weight is 235 g/mol. The van der Waals surface area contributed by atoms with Gasteiger partial charge in [-0.15, -0.1) is 10.2 Å². The van der Waals surface area contributed by atoms with E-state index in [2.05, 4.69) is 15.2 Å². The van der Waals surface area contributed by atoms with Crippen LogP contribution in [0.2, 0.25) is 0 Å². The Morgan fingerprint density at radius 2 is 2.40 bits per heavy atom. The highest BCUT2D eigenvalue weighted by atomic mass is 32.2. The second-order valence-electron chi connectivity index (χ2n) is 2.50. The molecule has 0 saturated heterocycles. The van der Waals surface area contributed by atoms with Crippen LogP contribution >= 0.6 is 23.1 Å². The number of anilines is 1. The molecule has 2 N–H and O–H groups in total. The number of nitrogen functional groups attached to an aromatic ring is 1. The molecule has 0 aliphatic carbocycles. The van der Waals surface area contributed by atoms with Gasteiger partial charge in [0.2, 0.25) is 0 Å². The number of pyridine rings is 1. The van der Waals surface area contributed by atoms with E-state index in [1.165, 1.54) is 23.1 Å². The van der Waals surface area contributed by atoms with E-state index < -0.39 is 0 Å². The van der Waals surface area contributed by atoms with Crippen LogP contribution in [0, 0.1) is 11.3 Å². The second-order valence-corrected chi connectivity index (χ2v) is 4.57. The highest BCUT2D eigenvalue weighted by Gasteiger charge is 2.09. The summed E-state index contributed by atoms with van der Waals surface area (Å²) < 4.78 is 0.754. The van der Waals surface area contributed by atoms with Crippen molar-refractivity contribution in [2.24, 2.45) is 0 Å².